The summed E-state index contributed by atoms with van der Waals surface area (Å²) in [6.07, 6.45) is 2.19. The zero-order valence-electron chi connectivity index (χ0n) is 46.9. The first kappa shape index (κ1) is 58.4. The number of hydrogen-bond donors (Lipinski definition) is 0. The number of aryl methyl sites for hydroxylation is 2. The molecule has 0 bridgehead atoms. The van der Waals surface area contributed by atoms with Gasteiger partial charge in [0.2, 0.25) is 0 Å². The van der Waals surface area contributed by atoms with E-state index in [1.54, 1.807) is 20.7 Å². The molecule has 8 heteroatoms. The van der Waals surface area contributed by atoms with Crippen LogP contribution in [0.4, 0.5) is 0 Å². The molecule has 0 spiro atoms. The van der Waals surface area contributed by atoms with Crippen molar-refractivity contribution in [3.05, 3.63) is 156 Å². The van der Waals surface area contributed by atoms with Gasteiger partial charge in [0.1, 0.15) is 0 Å². The molecular weight excluding hydrogens is 1070 g/mol. The minimum atomic E-state index is -1.40. The van der Waals surface area contributed by atoms with Crippen LogP contribution < -0.4 is 31.1 Å². The Bertz CT molecular complexity index is 2850. The SMILES string of the molecule is CCc1cc2c(-c3cc([Si](C)(C)C)cc([Si](C)(C)C)c3)c(C(C)C)ccc2[cH-]1.CCc1cc2c(-c3cc([Si](C)(C)C)cc([Si](C)(C)C)c3)c(C(C)C)ccc2[cH-]1.[Cl][Zr][Cl].[c-]1cccc2c1[Si]c1ccccc1-2. The molecule has 0 aliphatic carbocycles. The quantitative estimate of drug-likeness (QED) is 0.0946. The van der Waals surface area contributed by atoms with E-state index in [4.69, 9.17) is 17.0 Å². The molecule has 1 heterocycles. The van der Waals surface area contributed by atoms with Gasteiger partial charge >= 0.3 is 37.9 Å². The molecule has 9 rings (SSSR count). The van der Waals surface area contributed by atoms with Crippen LogP contribution in [0.3, 0.4) is 0 Å². The second-order valence-corrected chi connectivity index (χ2v) is 49.9. The number of fused-ring (bicyclic) bond motifs is 5. The van der Waals surface area contributed by atoms with Crippen LogP contribution in [0.15, 0.2) is 127 Å². The van der Waals surface area contributed by atoms with Crippen LogP contribution >= 0.6 is 17.0 Å². The molecule has 0 aromatic heterocycles. The van der Waals surface area contributed by atoms with E-state index in [9.17, 15) is 0 Å². The minimum Gasteiger partial charge on any atom is -0.184 e. The second-order valence-electron chi connectivity index (χ2n) is 24.6. The van der Waals surface area contributed by atoms with Crippen LogP contribution in [0.1, 0.15) is 75.6 Å². The summed E-state index contributed by atoms with van der Waals surface area (Å²) >= 11 is -0.826. The zero-order valence-corrected chi connectivity index (χ0v) is 55.9. The average molecular weight is 1150 g/mol. The molecule has 0 atom stereocenters. The normalized spacial score (nSPS) is 12.5. The van der Waals surface area contributed by atoms with Crippen LogP contribution in [-0.2, 0) is 33.7 Å². The van der Waals surface area contributed by atoms with E-state index in [1.807, 2.05) is 6.07 Å². The molecular formula is C64H81Cl2Si5Zr-3. The second kappa shape index (κ2) is 24.0. The first-order valence-electron chi connectivity index (χ1n) is 26.3. The van der Waals surface area contributed by atoms with Crippen molar-refractivity contribution in [1.82, 2.24) is 0 Å². The van der Waals surface area contributed by atoms with Crippen molar-refractivity contribution in [3.63, 3.8) is 0 Å². The van der Waals surface area contributed by atoms with Gasteiger partial charge in [-0.25, -0.2) is 0 Å². The van der Waals surface area contributed by atoms with E-state index in [-0.39, 0.29) is 0 Å². The number of benzene rings is 6. The van der Waals surface area contributed by atoms with Crippen molar-refractivity contribution >= 4 is 112 Å². The number of rotatable bonds is 10. The van der Waals surface area contributed by atoms with E-state index in [2.05, 4.69) is 248 Å². The molecule has 2 radical (unpaired) electrons. The van der Waals surface area contributed by atoms with Gasteiger partial charge in [-0.1, -0.05) is 235 Å². The first-order chi connectivity index (χ1) is 33.7. The fourth-order valence-electron chi connectivity index (χ4n) is 9.74. The van der Waals surface area contributed by atoms with Crippen LogP contribution in [0, 0.1) is 6.07 Å². The minimum absolute atomic E-state index is 0.519. The van der Waals surface area contributed by atoms with E-state index in [0.717, 1.165) is 22.4 Å². The molecule has 0 fully saturated rings. The van der Waals surface area contributed by atoms with Gasteiger partial charge in [0.05, 0.1) is 41.8 Å². The molecule has 0 amide bonds. The molecule has 1 aliphatic rings. The Labute approximate surface area is 462 Å². The molecule has 0 nitrogen and oxygen atoms in total. The summed E-state index contributed by atoms with van der Waals surface area (Å²) in [5, 5.41) is 14.9. The van der Waals surface area contributed by atoms with Crippen molar-refractivity contribution in [1.29, 1.82) is 0 Å². The van der Waals surface area contributed by atoms with Crippen molar-refractivity contribution in [2.45, 2.75) is 145 Å². The van der Waals surface area contributed by atoms with Gasteiger partial charge in [0, 0.05) is 0 Å². The van der Waals surface area contributed by atoms with Crippen molar-refractivity contribution in [3.8, 4) is 33.4 Å². The molecule has 378 valence electrons. The fraction of sp³-hybridized carbons (Fsp3) is 0.344. The Hall–Kier alpha value is -2.91. The topological polar surface area (TPSA) is 0 Å². The van der Waals surface area contributed by atoms with E-state index >= 15 is 0 Å². The Balaban J connectivity index is 0.000000181. The van der Waals surface area contributed by atoms with Gasteiger partial charge in [0.25, 0.3) is 0 Å². The monoisotopic (exact) mass is 1150 g/mol. The van der Waals surface area contributed by atoms with E-state index in [1.165, 1.54) is 87.6 Å². The molecule has 1 aliphatic heterocycles. The predicted molar refractivity (Wildman–Crippen MR) is 336 cm³/mol. The van der Waals surface area contributed by atoms with Gasteiger partial charge in [-0.3, -0.25) is 0 Å². The smallest absolute Gasteiger partial charge is 0.0920 e. The molecule has 0 saturated heterocycles. The molecule has 0 saturated carbocycles. The Morgan fingerprint density at radius 3 is 1.24 bits per heavy atom. The summed E-state index contributed by atoms with van der Waals surface area (Å²) in [4.78, 5) is 0. The van der Waals surface area contributed by atoms with E-state index in [0.29, 0.717) is 11.8 Å². The third-order valence-electron chi connectivity index (χ3n) is 14.3. The maximum Gasteiger partial charge on any atom is 0.0920 e. The zero-order chi connectivity index (χ0) is 53.1. The van der Waals surface area contributed by atoms with Crippen molar-refractivity contribution in [2.75, 3.05) is 0 Å². The summed E-state index contributed by atoms with van der Waals surface area (Å²) in [7, 11) is 5.07. The number of hydrogen-bond acceptors (Lipinski definition) is 0. The molecule has 0 N–H and O–H groups in total. The largest absolute Gasteiger partial charge is 0.184 e. The molecule has 8 aromatic carbocycles. The standard InChI is InChI=1S/2C26H37Si2.C12H7Si.2ClH.Zr/c2*1-10-19-13-20-11-12-24(18(2)3)26(25(20)14-19)21-15-22(27(4,5)6)17-23(16-21)28(7,8)9;1-3-7-11-9(5-1)10-6-2-4-8-12(10)13-11;;;/h2*11-18H,10H2,1-9H3;1-7H;2*1H;/q3*-1;;;+2/p-2. The summed E-state index contributed by atoms with van der Waals surface area (Å²) in [5.74, 6) is 1.04. The molecule has 0 unspecified atom stereocenters. The predicted octanol–water partition coefficient (Wildman–Crippen LogP) is 16.5. The van der Waals surface area contributed by atoms with Crippen LogP contribution in [-0.4, -0.2) is 41.8 Å². The van der Waals surface area contributed by atoms with Gasteiger partial charge in [-0.05, 0) is 35.8 Å². The Morgan fingerprint density at radius 1 is 0.500 bits per heavy atom. The van der Waals surface area contributed by atoms with Crippen molar-refractivity contribution in [2.24, 2.45) is 0 Å². The van der Waals surface area contributed by atoms with Gasteiger partial charge in [-0.2, -0.15) is 41.6 Å². The average Bonchev–Trinajstić information content (AvgIpc) is 4.05. The summed E-state index contributed by atoms with van der Waals surface area (Å²) in [6, 6.07) is 52.4. The van der Waals surface area contributed by atoms with E-state index < -0.39 is 53.1 Å². The Kier molecular flexibility index (Phi) is 19.4. The van der Waals surface area contributed by atoms with Crippen LogP contribution in [0.5, 0.6) is 0 Å². The van der Waals surface area contributed by atoms with Crippen LogP contribution in [0.25, 0.3) is 54.9 Å². The van der Waals surface area contributed by atoms with Gasteiger partial charge in [-0.15, -0.1) is 74.6 Å². The number of halogens is 2. The van der Waals surface area contributed by atoms with Gasteiger partial charge < -0.3 is 0 Å². The summed E-state index contributed by atoms with van der Waals surface area (Å²) in [6.45, 7) is 43.5. The summed E-state index contributed by atoms with van der Waals surface area (Å²) in [5.41, 5.74) is 14.5. The first-order valence-corrected chi connectivity index (χ1v) is 47.6. The van der Waals surface area contributed by atoms with Crippen LogP contribution in [0.2, 0.25) is 78.6 Å². The third kappa shape index (κ3) is 13.9. The maximum absolute atomic E-state index is 4.93. The van der Waals surface area contributed by atoms with Crippen molar-refractivity contribution < 1.29 is 20.8 Å². The van der Waals surface area contributed by atoms with Gasteiger partial charge in [0.15, 0.2) is 0 Å². The summed E-state index contributed by atoms with van der Waals surface area (Å²) < 4.78 is 0. The maximum atomic E-state index is 4.93. The fourth-order valence-corrected chi connectivity index (χ4v) is 16.0. The molecule has 8 aromatic rings. The third-order valence-corrected chi connectivity index (χ3v) is 23.7. The molecule has 72 heavy (non-hydrogen) atoms. The Morgan fingerprint density at radius 2 is 0.875 bits per heavy atom.